The minimum absolute atomic E-state index is 0.0487. The average molecular weight is 358 g/mol. The van der Waals surface area contributed by atoms with Crippen LogP contribution in [0.5, 0.6) is 0 Å². The summed E-state index contributed by atoms with van der Waals surface area (Å²) in [5.74, 6) is -0.0487. The van der Waals surface area contributed by atoms with Crippen molar-refractivity contribution in [3.63, 3.8) is 0 Å². The van der Waals surface area contributed by atoms with Crippen molar-refractivity contribution in [2.45, 2.75) is 37.5 Å². The first-order valence-electron chi connectivity index (χ1n) is 8.93. The number of benzene rings is 2. The van der Waals surface area contributed by atoms with Gasteiger partial charge in [0.1, 0.15) is 0 Å². The van der Waals surface area contributed by atoms with Gasteiger partial charge in [0, 0.05) is 36.0 Å². The Hall–Kier alpha value is -1.92. The number of hydrogen-bond donors (Lipinski definition) is 0. The number of nitrogens with zero attached hydrogens (tertiary/aromatic N) is 2. The zero-order chi connectivity index (χ0) is 17.6. The Labute approximate surface area is 148 Å². The number of sulfonamides is 1. The van der Waals surface area contributed by atoms with Gasteiger partial charge in [-0.25, -0.2) is 8.42 Å². The van der Waals surface area contributed by atoms with Crippen LogP contribution in [0.15, 0.2) is 35.2 Å². The van der Waals surface area contributed by atoms with Crippen LogP contribution in [0.1, 0.15) is 43.0 Å². The molecule has 1 saturated heterocycles. The van der Waals surface area contributed by atoms with Gasteiger partial charge in [-0.1, -0.05) is 25.0 Å². The van der Waals surface area contributed by atoms with E-state index in [1.54, 1.807) is 33.5 Å². The topological polar surface area (TPSA) is 57.7 Å². The van der Waals surface area contributed by atoms with Gasteiger partial charge in [0.25, 0.3) is 5.91 Å². The van der Waals surface area contributed by atoms with Crippen molar-refractivity contribution in [1.29, 1.82) is 0 Å². The van der Waals surface area contributed by atoms with E-state index in [4.69, 9.17) is 0 Å². The molecule has 1 fully saturated rings. The average Bonchev–Trinajstić information content (AvgIpc) is 2.80. The van der Waals surface area contributed by atoms with E-state index in [9.17, 15) is 13.2 Å². The monoisotopic (exact) mass is 358 g/mol. The molecule has 2 aromatic rings. The number of rotatable bonds is 3. The highest BCUT2D eigenvalue weighted by molar-refractivity contribution is 7.89. The van der Waals surface area contributed by atoms with Crippen LogP contribution in [0.4, 0.5) is 5.69 Å². The lowest BCUT2D eigenvalue weighted by Gasteiger charge is -2.21. The van der Waals surface area contributed by atoms with Gasteiger partial charge in [-0.15, -0.1) is 0 Å². The van der Waals surface area contributed by atoms with E-state index in [0.29, 0.717) is 35.5 Å². The van der Waals surface area contributed by atoms with Crippen molar-refractivity contribution in [2.75, 3.05) is 24.5 Å². The molecule has 0 unspecified atom stereocenters. The number of anilines is 1. The standard InChI is InChI=1S/C19H22N2O3S/c1-2-21-16-10-11-17(14-8-7-9-15(18(14)16)19(21)22)25(23,24)20-12-5-3-4-6-13-20/h7-11H,2-6,12-13H2,1H3. The molecule has 0 bridgehead atoms. The molecule has 132 valence electrons. The van der Waals surface area contributed by atoms with Crippen molar-refractivity contribution in [2.24, 2.45) is 0 Å². The molecule has 0 saturated carbocycles. The van der Waals surface area contributed by atoms with Gasteiger partial charge in [-0.3, -0.25) is 4.79 Å². The van der Waals surface area contributed by atoms with Crippen LogP contribution in [0, 0.1) is 0 Å². The first kappa shape index (κ1) is 16.5. The Balaban J connectivity index is 1.90. The molecule has 1 amide bonds. The van der Waals surface area contributed by atoms with Gasteiger partial charge in [-0.2, -0.15) is 4.31 Å². The Kier molecular flexibility index (Phi) is 4.04. The van der Waals surface area contributed by atoms with E-state index >= 15 is 0 Å². The van der Waals surface area contributed by atoms with Gasteiger partial charge in [-0.05, 0) is 38.0 Å². The Morgan fingerprint density at radius 2 is 1.72 bits per heavy atom. The van der Waals surface area contributed by atoms with Crippen LogP contribution in [0.2, 0.25) is 0 Å². The molecule has 6 heteroatoms. The van der Waals surface area contributed by atoms with E-state index in [1.165, 1.54) is 0 Å². The maximum atomic E-state index is 13.3. The summed E-state index contributed by atoms with van der Waals surface area (Å²) < 4.78 is 28.1. The van der Waals surface area contributed by atoms with E-state index in [2.05, 4.69) is 0 Å². The molecule has 0 N–H and O–H groups in total. The second kappa shape index (κ2) is 6.11. The summed E-state index contributed by atoms with van der Waals surface area (Å²) in [6, 6.07) is 8.83. The Morgan fingerprint density at radius 1 is 1.00 bits per heavy atom. The largest absolute Gasteiger partial charge is 0.308 e. The normalized spacial score (nSPS) is 18.8. The van der Waals surface area contributed by atoms with E-state index in [-0.39, 0.29) is 5.91 Å². The predicted octanol–water partition coefficient (Wildman–Crippen LogP) is 3.38. The van der Waals surface area contributed by atoms with Gasteiger partial charge in [0.15, 0.2) is 0 Å². The van der Waals surface area contributed by atoms with Crippen LogP contribution in [0.25, 0.3) is 10.8 Å². The molecule has 0 spiro atoms. The van der Waals surface area contributed by atoms with Crippen LogP contribution >= 0.6 is 0 Å². The van der Waals surface area contributed by atoms with Crippen molar-refractivity contribution < 1.29 is 13.2 Å². The lowest BCUT2D eigenvalue weighted by Crippen LogP contribution is -2.32. The summed E-state index contributed by atoms with van der Waals surface area (Å²) in [6.45, 7) is 3.65. The lowest BCUT2D eigenvalue weighted by molar-refractivity contribution is 0.0994. The Morgan fingerprint density at radius 3 is 2.40 bits per heavy atom. The van der Waals surface area contributed by atoms with E-state index < -0.39 is 10.0 Å². The SMILES string of the molecule is CCN1C(=O)c2cccc3c(S(=O)(=O)N4CCCCCC4)ccc1c23. The van der Waals surface area contributed by atoms with Crippen molar-refractivity contribution in [3.8, 4) is 0 Å². The van der Waals surface area contributed by atoms with Crippen molar-refractivity contribution in [3.05, 3.63) is 35.9 Å². The molecule has 2 aliphatic rings. The minimum atomic E-state index is -3.56. The quantitative estimate of drug-likeness (QED) is 0.845. The molecule has 0 aromatic heterocycles. The summed E-state index contributed by atoms with van der Waals surface area (Å²) in [7, 11) is -3.56. The summed E-state index contributed by atoms with van der Waals surface area (Å²) >= 11 is 0. The third-order valence-electron chi connectivity index (χ3n) is 5.24. The fraction of sp³-hybridized carbons (Fsp3) is 0.421. The minimum Gasteiger partial charge on any atom is -0.308 e. The van der Waals surface area contributed by atoms with Crippen LogP contribution in [-0.2, 0) is 10.0 Å². The second-order valence-electron chi connectivity index (χ2n) is 6.68. The zero-order valence-corrected chi connectivity index (χ0v) is 15.2. The summed E-state index contributed by atoms with van der Waals surface area (Å²) in [6.07, 6.45) is 3.97. The summed E-state index contributed by atoms with van der Waals surface area (Å²) in [5.41, 5.74) is 1.41. The van der Waals surface area contributed by atoms with Crippen LogP contribution < -0.4 is 4.90 Å². The number of hydrogen-bond acceptors (Lipinski definition) is 3. The van der Waals surface area contributed by atoms with Gasteiger partial charge >= 0.3 is 0 Å². The smallest absolute Gasteiger partial charge is 0.258 e. The Bertz CT molecular complexity index is 945. The van der Waals surface area contributed by atoms with Gasteiger partial charge in [0.2, 0.25) is 10.0 Å². The maximum absolute atomic E-state index is 13.3. The molecule has 2 heterocycles. The first-order valence-corrected chi connectivity index (χ1v) is 10.4. The number of amides is 1. The molecule has 5 nitrogen and oxygen atoms in total. The lowest BCUT2D eigenvalue weighted by atomic mass is 10.1. The van der Waals surface area contributed by atoms with Crippen molar-refractivity contribution >= 4 is 32.4 Å². The highest BCUT2D eigenvalue weighted by Crippen LogP contribution is 2.40. The fourth-order valence-electron chi connectivity index (χ4n) is 3.98. The predicted molar refractivity (Wildman–Crippen MR) is 98.5 cm³/mol. The molecule has 0 aliphatic carbocycles. The molecule has 25 heavy (non-hydrogen) atoms. The number of carbonyl (C=O) groups is 1. The highest BCUT2D eigenvalue weighted by Gasteiger charge is 2.33. The molecule has 0 atom stereocenters. The molecule has 4 rings (SSSR count). The molecule has 2 aromatic carbocycles. The van der Waals surface area contributed by atoms with Crippen LogP contribution in [-0.4, -0.2) is 38.3 Å². The third-order valence-corrected chi connectivity index (χ3v) is 7.20. The molecular formula is C19H22N2O3S. The summed E-state index contributed by atoms with van der Waals surface area (Å²) in [4.78, 5) is 14.6. The van der Waals surface area contributed by atoms with Crippen molar-refractivity contribution in [1.82, 2.24) is 4.31 Å². The van der Waals surface area contributed by atoms with Gasteiger partial charge < -0.3 is 4.90 Å². The highest BCUT2D eigenvalue weighted by atomic mass is 32.2. The first-order chi connectivity index (χ1) is 12.1. The third kappa shape index (κ3) is 2.47. The van der Waals surface area contributed by atoms with E-state index in [1.807, 2.05) is 13.0 Å². The molecule has 2 aliphatic heterocycles. The fourth-order valence-corrected chi connectivity index (χ4v) is 5.68. The molecule has 0 radical (unpaired) electrons. The van der Waals surface area contributed by atoms with Gasteiger partial charge in [0.05, 0.1) is 10.6 Å². The van der Waals surface area contributed by atoms with E-state index in [0.717, 1.165) is 36.8 Å². The number of carbonyl (C=O) groups excluding carboxylic acids is 1. The zero-order valence-electron chi connectivity index (χ0n) is 14.4. The summed E-state index contributed by atoms with van der Waals surface area (Å²) in [5, 5.41) is 1.42. The maximum Gasteiger partial charge on any atom is 0.258 e. The van der Waals surface area contributed by atoms with Crippen LogP contribution in [0.3, 0.4) is 0 Å². The second-order valence-corrected chi connectivity index (χ2v) is 8.59. The molecular weight excluding hydrogens is 336 g/mol.